The Hall–Kier alpha value is -2.56. The molecule has 23 heavy (non-hydrogen) atoms. The minimum absolute atomic E-state index is 0.0735. The van der Waals surface area contributed by atoms with Crippen LogP contribution in [-0.4, -0.2) is 35.0 Å². The highest BCUT2D eigenvalue weighted by atomic mass is 16.5. The van der Waals surface area contributed by atoms with E-state index in [4.69, 9.17) is 9.84 Å². The molecule has 0 aromatic heterocycles. The van der Waals surface area contributed by atoms with Crippen LogP contribution in [0.1, 0.15) is 18.9 Å². The number of rotatable bonds is 5. The summed E-state index contributed by atoms with van der Waals surface area (Å²) in [6, 6.07) is 11.8. The van der Waals surface area contributed by atoms with Gasteiger partial charge in [0.2, 0.25) is 5.91 Å². The van der Waals surface area contributed by atoms with E-state index < -0.39 is 11.9 Å². The molecule has 0 bridgehead atoms. The first-order valence-corrected chi connectivity index (χ1v) is 7.74. The van der Waals surface area contributed by atoms with E-state index in [1.807, 2.05) is 43.3 Å². The SMILES string of the molecule is CCOc1ccc2ccccc2c1CN1CC(C(=O)O)CC1=O. The third-order valence-electron chi connectivity index (χ3n) is 4.21. The molecule has 1 fully saturated rings. The lowest BCUT2D eigenvalue weighted by atomic mass is 10.0. The zero-order chi connectivity index (χ0) is 16.4. The maximum absolute atomic E-state index is 12.1. The van der Waals surface area contributed by atoms with Gasteiger partial charge in [0.1, 0.15) is 5.75 Å². The normalized spacial score (nSPS) is 17.7. The van der Waals surface area contributed by atoms with Crippen molar-refractivity contribution >= 4 is 22.6 Å². The fourth-order valence-corrected chi connectivity index (χ4v) is 3.05. The Morgan fingerprint density at radius 2 is 2.09 bits per heavy atom. The number of fused-ring (bicyclic) bond motifs is 1. The van der Waals surface area contributed by atoms with E-state index in [-0.39, 0.29) is 18.9 Å². The van der Waals surface area contributed by atoms with Crippen LogP contribution in [0.3, 0.4) is 0 Å². The summed E-state index contributed by atoms with van der Waals surface area (Å²) in [7, 11) is 0. The van der Waals surface area contributed by atoms with Crippen molar-refractivity contribution in [3.8, 4) is 5.75 Å². The van der Waals surface area contributed by atoms with Crippen molar-refractivity contribution in [2.75, 3.05) is 13.2 Å². The molecular weight excluding hydrogens is 294 g/mol. The summed E-state index contributed by atoms with van der Waals surface area (Å²) in [6.45, 7) is 3.08. The standard InChI is InChI=1S/C18H19NO4/c1-2-23-16-8-7-12-5-3-4-6-14(12)15(16)11-19-10-13(18(21)22)9-17(19)20/h3-8,13H,2,9-11H2,1H3,(H,21,22). The highest BCUT2D eigenvalue weighted by Gasteiger charge is 2.34. The molecular formula is C18H19NO4. The van der Waals surface area contributed by atoms with E-state index >= 15 is 0 Å². The molecule has 1 heterocycles. The Morgan fingerprint density at radius 3 is 2.78 bits per heavy atom. The number of aliphatic carboxylic acids is 1. The molecule has 0 aliphatic carbocycles. The second-order valence-corrected chi connectivity index (χ2v) is 5.71. The van der Waals surface area contributed by atoms with Crippen molar-refractivity contribution in [1.82, 2.24) is 4.90 Å². The van der Waals surface area contributed by atoms with Crippen LogP contribution in [0.2, 0.25) is 0 Å². The highest BCUT2D eigenvalue weighted by molar-refractivity contribution is 5.89. The number of hydrogen-bond donors (Lipinski definition) is 1. The number of carboxylic acids is 1. The van der Waals surface area contributed by atoms with Crippen LogP contribution in [0, 0.1) is 5.92 Å². The van der Waals surface area contributed by atoms with Gasteiger partial charge in [-0.15, -0.1) is 0 Å². The molecule has 1 N–H and O–H groups in total. The second-order valence-electron chi connectivity index (χ2n) is 5.71. The molecule has 2 aromatic rings. The van der Waals surface area contributed by atoms with Crippen molar-refractivity contribution in [3.63, 3.8) is 0 Å². The molecule has 0 radical (unpaired) electrons. The third-order valence-corrected chi connectivity index (χ3v) is 4.21. The summed E-state index contributed by atoms with van der Waals surface area (Å²) >= 11 is 0. The van der Waals surface area contributed by atoms with Gasteiger partial charge >= 0.3 is 5.97 Å². The first-order chi connectivity index (χ1) is 11.1. The number of benzene rings is 2. The van der Waals surface area contributed by atoms with Gasteiger partial charge in [-0.25, -0.2) is 0 Å². The average molecular weight is 313 g/mol. The van der Waals surface area contributed by atoms with Gasteiger partial charge in [-0.2, -0.15) is 0 Å². The van der Waals surface area contributed by atoms with Gasteiger partial charge in [0.25, 0.3) is 0 Å². The van der Waals surface area contributed by atoms with Gasteiger partial charge in [0.15, 0.2) is 0 Å². The number of carboxylic acid groups (broad SMARTS) is 1. The van der Waals surface area contributed by atoms with Gasteiger partial charge < -0.3 is 14.7 Å². The van der Waals surface area contributed by atoms with Crippen molar-refractivity contribution in [3.05, 3.63) is 42.0 Å². The van der Waals surface area contributed by atoms with Gasteiger partial charge in [-0.3, -0.25) is 9.59 Å². The van der Waals surface area contributed by atoms with Crippen LogP contribution < -0.4 is 4.74 Å². The molecule has 1 saturated heterocycles. The molecule has 5 nitrogen and oxygen atoms in total. The number of amides is 1. The van der Waals surface area contributed by atoms with Crippen LogP contribution >= 0.6 is 0 Å². The van der Waals surface area contributed by atoms with Crippen LogP contribution in [0.15, 0.2) is 36.4 Å². The quantitative estimate of drug-likeness (QED) is 0.921. The van der Waals surface area contributed by atoms with Crippen LogP contribution in [0.25, 0.3) is 10.8 Å². The molecule has 1 unspecified atom stereocenters. The number of ether oxygens (including phenoxy) is 1. The number of carbonyl (C=O) groups is 2. The predicted octanol–water partition coefficient (Wildman–Crippen LogP) is 2.67. The van der Waals surface area contributed by atoms with Crippen LogP contribution in [0.5, 0.6) is 5.75 Å². The number of likely N-dealkylation sites (tertiary alicyclic amines) is 1. The summed E-state index contributed by atoms with van der Waals surface area (Å²) < 4.78 is 5.71. The maximum Gasteiger partial charge on any atom is 0.308 e. The topological polar surface area (TPSA) is 66.8 Å². The maximum atomic E-state index is 12.1. The monoisotopic (exact) mass is 313 g/mol. The zero-order valence-corrected chi connectivity index (χ0v) is 13.0. The van der Waals surface area contributed by atoms with Gasteiger partial charge in [0, 0.05) is 25.1 Å². The predicted molar refractivity (Wildman–Crippen MR) is 86.3 cm³/mol. The third kappa shape index (κ3) is 2.99. The molecule has 2 aromatic carbocycles. The van der Waals surface area contributed by atoms with Crippen LogP contribution in [-0.2, 0) is 16.1 Å². The molecule has 5 heteroatoms. The van der Waals surface area contributed by atoms with E-state index in [1.54, 1.807) is 4.90 Å². The van der Waals surface area contributed by atoms with E-state index in [9.17, 15) is 9.59 Å². The van der Waals surface area contributed by atoms with Gasteiger partial charge in [0.05, 0.1) is 12.5 Å². The number of carbonyl (C=O) groups excluding carboxylic acids is 1. The molecule has 1 aliphatic heterocycles. The molecule has 1 atom stereocenters. The average Bonchev–Trinajstić information content (AvgIpc) is 2.91. The first-order valence-electron chi connectivity index (χ1n) is 7.74. The van der Waals surface area contributed by atoms with Crippen molar-refractivity contribution in [1.29, 1.82) is 0 Å². The Balaban J connectivity index is 1.96. The lowest BCUT2D eigenvalue weighted by molar-refractivity contribution is -0.141. The van der Waals surface area contributed by atoms with Gasteiger partial charge in [-0.05, 0) is 23.8 Å². The minimum Gasteiger partial charge on any atom is -0.494 e. The highest BCUT2D eigenvalue weighted by Crippen LogP contribution is 2.31. The minimum atomic E-state index is -0.913. The Kier molecular flexibility index (Phi) is 4.19. The lowest BCUT2D eigenvalue weighted by Gasteiger charge is -2.20. The van der Waals surface area contributed by atoms with Crippen molar-refractivity contribution in [2.45, 2.75) is 19.9 Å². The van der Waals surface area contributed by atoms with E-state index in [0.717, 1.165) is 22.1 Å². The summed E-state index contributed by atoms with van der Waals surface area (Å²) in [4.78, 5) is 24.9. The fraction of sp³-hybridized carbons (Fsp3) is 0.333. The van der Waals surface area contributed by atoms with Crippen molar-refractivity contribution in [2.24, 2.45) is 5.92 Å². The first kappa shape index (κ1) is 15.3. The zero-order valence-electron chi connectivity index (χ0n) is 13.0. The molecule has 120 valence electrons. The Morgan fingerprint density at radius 1 is 1.30 bits per heavy atom. The Bertz CT molecular complexity index is 756. The van der Waals surface area contributed by atoms with E-state index in [1.165, 1.54) is 0 Å². The molecule has 0 saturated carbocycles. The Labute approximate surface area is 134 Å². The smallest absolute Gasteiger partial charge is 0.308 e. The summed E-state index contributed by atoms with van der Waals surface area (Å²) in [5, 5.41) is 11.2. The molecule has 3 rings (SSSR count). The summed E-state index contributed by atoms with van der Waals surface area (Å²) in [5.41, 5.74) is 0.935. The number of hydrogen-bond acceptors (Lipinski definition) is 3. The summed E-state index contributed by atoms with van der Waals surface area (Å²) in [5.74, 6) is -0.901. The molecule has 1 amide bonds. The van der Waals surface area contributed by atoms with E-state index in [2.05, 4.69) is 0 Å². The van der Waals surface area contributed by atoms with Crippen molar-refractivity contribution < 1.29 is 19.4 Å². The fourth-order valence-electron chi connectivity index (χ4n) is 3.05. The van der Waals surface area contributed by atoms with Crippen LogP contribution in [0.4, 0.5) is 0 Å². The van der Waals surface area contributed by atoms with Gasteiger partial charge in [-0.1, -0.05) is 30.3 Å². The molecule has 1 aliphatic rings. The molecule has 0 spiro atoms. The van der Waals surface area contributed by atoms with E-state index in [0.29, 0.717) is 13.2 Å². The second kappa shape index (κ2) is 6.28. The number of nitrogens with zero attached hydrogens (tertiary/aromatic N) is 1. The largest absolute Gasteiger partial charge is 0.494 e. The summed E-state index contributed by atoms with van der Waals surface area (Å²) in [6.07, 6.45) is 0.0735. The lowest BCUT2D eigenvalue weighted by Crippen LogP contribution is -2.26.